The second kappa shape index (κ2) is 54.3. The molecule has 0 fully saturated rings. The largest absolute Gasteiger partial charge is 0.544 e. The Morgan fingerprint density at radius 1 is 0.368 bits per heavy atom. The molecule has 0 saturated heterocycles. The number of non-ortho nitro benzene ring substituents is 2. The van der Waals surface area contributed by atoms with Gasteiger partial charge in [0.1, 0.15) is 17.3 Å². The number of allylic oxidation sites excluding steroid dienone is 8. The molecule has 0 radical (unpaired) electrons. The fourth-order valence-electron chi connectivity index (χ4n) is 7.44. The predicted octanol–water partition coefficient (Wildman–Crippen LogP) is 23.8. The van der Waals surface area contributed by atoms with Gasteiger partial charge in [-0.1, -0.05) is 154 Å². The summed E-state index contributed by atoms with van der Waals surface area (Å²) >= 11 is 46.6. The minimum absolute atomic E-state index is 0.0133. The Labute approximate surface area is 701 Å². The lowest BCUT2D eigenvalue weighted by Crippen LogP contribution is -2.43. The molecule has 0 aliphatic heterocycles. The Morgan fingerprint density at radius 3 is 0.965 bits per heavy atom. The first-order valence-corrected chi connectivity index (χ1v) is 38.6. The fraction of sp³-hybridized carbons (Fsp3) is 0.122. The van der Waals surface area contributed by atoms with Crippen molar-refractivity contribution in [2.75, 3.05) is 21.3 Å². The SMILES string of the molecule is CC(C)(C)[Si](C)(C)Oc1ccc(/C=C/C(=O)Cl)cc1.COc1ccc(/C=C/C(=O)Cl)cc1.COc1ccc(/C=C/C(=O)Cl)cc1OC.O=C(Cl)/C=C/c1ccc(C(F)(F)F)cc1.O=C(Cl)/C=C/c1ccc(Cl)cc1.O=C(Cl)/C=C/c1ccc(F)cc1.O=C(Cl)/C=C/c1ccc([N+](=O)[O-])cc1.O=C(Cl)/C=C/c1cccc([N+](=O)[O-])c1. The van der Waals surface area contributed by atoms with E-state index < -0.39 is 71.8 Å². The van der Waals surface area contributed by atoms with Crippen LogP contribution >= 0.6 is 104 Å². The third-order valence-corrected chi connectivity index (χ3v) is 19.6. The second-order valence-corrected chi connectivity index (χ2v) is 31.5. The number of methoxy groups -OCH3 is 3. The summed E-state index contributed by atoms with van der Waals surface area (Å²) < 4.78 is 70.1. The van der Waals surface area contributed by atoms with Crippen LogP contribution < -0.4 is 18.6 Å². The van der Waals surface area contributed by atoms with E-state index in [1.807, 2.05) is 48.5 Å². The molecule has 32 heteroatoms. The Bertz CT molecular complexity index is 4680. The summed E-state index contributed by atoms with van der Waals surface area (Å²) in [7, 11) is 2.93. The first-order chi connectivity index (χ1) is 53.4. The third kappa shape index (κ3) is 47.8. The molecule has 0 atom stereocenters. The Balaban J connectivity index is 0.000000654. The standard InChI is InChI=1S/C15H21ClO2Si.C11H11ClO3.C10H6ClF3O.C10H9ClO2.C9H6Cl2O.C9H6ClFO.2C9H6ClNO3/c1-15(2,3)19(4,5)18-13-9-6-12(7-10-13)8-11-14(16)17;1-14-9-5-3-8(4-6-11(12)13)7-10(9)15-2;11-9(15)6-3-7-1-4-8(5-2-7)10(12,13)14;1-13-9-5-2-8(3-6-9)4-7-10(11)12;10-8-4-1-7(2-5-8)3-6-9(11)12;10-9(12)6-3-7-1-4-8(11)5-2-7;10-9(12)6-3-7-1-4-8(5-2-7)11(13)14;10-9(12)5-4-7-2-1-3-8(6-7)11(13)14/h6-11H,1-5H3;3-7H,1-2H3;1-6H;2-7H,1H3;2*1-6H;2*1-6H/b11-8+;6-4+;6-3+;7-4+;3*6-3+;5-4+. The number of carbonyl (C=O) groups excluding carboxylic acids is 8. The molecule has 0 N–H and O–H groups in total. The van der Waals surface area contributed by atoms with Crippen molar-refractivity contribution in [3.8, 4) is 23.0 Å². The number of nitro groups is 2. The monoisotopic (exact) mass is 1760 g/mol. The van der Waals surface area contributed by atoms with E-state index >= 15 is 0 Å². The summed E-state index contributed by atoms with van der Waals surface area (Å²) in [6.45, 7) is 11.1. The molecule has 0 spiro atoms. The van der Waals surface area contributed by atoms with Crippen LogP contribution in [0.3, 0.4) is 0 Å². The quantitative estimate of drug-likeness (QED) is 0.0144. The van der Waals surface area contributed by atoms with Gasteiger partial charge in [0.2, 0.25) is 50.3 Å². The molecule has 0 saturated carbocycles. The summed E-state index contributed by atoms with van der Waals surface area (Å²) in [5.74, 6) is 2.62. The van der Waals surface area contributed by atoms with E-state index in [1.54, 1.807) is 106 Å². The number of nitro benzene ring substituents is 2. The number of alkyl halides is 3. The Hall–Kier alpha value is -10.4. The maximum atomic E-state index is 12.4. The van der Waals surface area contributed by atoms with Gasteiger partial charge in [-0.2, -0.15) is 13.2 Å². The van der Waals surface area contributed by atoms with Gasteiger partial charge < -0.3 is 18.6 Å². The highest BCUT2D eigenvalue weighted by atomic mass is 35.5. The molecule has 0 unspecified atom stereocenters. The lowest BCUT2D eigenvalue weighted by molar-refractivity contribution is -0.385. The van der Waals surface area contributed by atoms with E-state index in [0.29, 0.717) is 33.2 Å². The zero-order chi connectivity index (χ0) is 86.2. The summed E-state index contributed by atoms with van der Waals surface area (Å²) in [4.78, 5) is 103. The van der Waals surface area contributed by atoms with Crippen LogP contribution in [0.5, 0.6) is 23.0 Å². The number of hydrogen-bond acceptors (Lipinski definition) is 16. The molecular formula is C82H71Cl9F4N2O16Si. The minimum Gasteiger partial charge on any atom is -0.544 e. The lowest BCUT2D eigenvalue weighted by atomic mass is 10.1. The maximum absolute atomic E-state index is 12.4. The zero-order valence-corrected chi connectivity index (χ0v) is 69.3. The lowest BCUT2D eigenvalue weighted by Gasteiger charge is -2.36. The van der Waals surface area contributed by atoms with Gasteiger partial charge >= 0.3 is 6.18 Å². The normalized spacial score (nSPS) is 11.0. The van der Waals surface area contributed by atoms with Crippen molar-refractivity contribution in [2.24, 2.45) is 0 Å². The van der Waals surface area contributed by atoms with Crippen LogP contribution in [0.25, 0.3) is 48.6 Å². The van der Waals surface area contributed by atoms with Crippen LogP contribution in [-0.2, 0) is 44.5 Å². The van der Waals surface area contributed by atoms with Crippen LogP contribution in [0.4, 0.5) is 28.9 Å². The highest BCUT2D eigenvalue weighted by Crippen LogP contribution is 2.38. The van der Waals surface area contributed by atoms with Crippen LogP contribution in [0.2, 0.25) is 23.2 Å². The molecule has 8 aromatic carbocycles. The van der Waals surface area contributed by atoms with E-state index in [9.17, 15) is 76.1 Å². The maximum Gasteiger partial charge on any atom is 0.416 e. The number of rotatable bonds is 23. The van der Waals surface area contributed by atoms with Gasteiger partial charge in [-0.25, -0.2) is 4.39 Å². The van der Waals surface area contributed by atoms with Crippen LogP contribution in [-0.4, -0.2) is 81.4 Å². The minimum atomic E-state index is -4.34. The smallest absolute Gasteiger partial charge is 0.416 e. The number of halogens is 13. The fourth-order valence-corrected chi connectivity index (χ4v) is 9.10. The number of benzene rings is 8. The average Bonchev–Trinajstić information content (AvgIpc) is 0.817. The van der Waals surface area contributed by atoms with Gasteiger partial charge in [-0.3, -0.25) is 58.6 Å². The molecule has 8 rings (SSSR count). The molecule has 114 heavy (non-hydrogen) atoms. The van der Waals surface area contributed by atoms with Crippen LogP contribution in [0, 0.1) is 26.0 Å². The number of ether oxygens (including phenoxy) is 3. The summed E-state index contributed by atoms with van der Waals surface area (Å²) in [6, 6.07) is 49.3. The molecule has 18 nitrogen and oxygen atoms in total. The van der Waals surface area contributed by atoms with E-state index in [2.05, 4.69) is 33.9 Å². The van der Waals surface area contributed by atoms with Crippen molar-refractivity contribution < 1.29 is 84.4 Å². The number of hydrogen-bond donors (Lipinski definition) is 0. The van der Waals surface area contributed by atoms with Crippen LogP contribution in [0.15, 0.2) is 237 Å². The molecule has 0 bridgehead atoms. The summed E-state index contributed by atoms with van der Waals surface area (Å²) in [5, 5.41) is 17.2. The third-order valence-electron chi connectivity index (χ3n) is 14.0. The second-order valence-electron chi connectivity index (χ2n) is 23.3. The molecular weight excluding hydrogens is 1690 g/mol. The first kappa shape index (κ1) is 102. The van der Waals surface area contributed by atoms with Gasteiger partial charge in [-0.05, 0) is 295 Å². The van der Waals surface area contributed by atoms with Gasteiger partial charge in [0, 0.05) is 29.3 Å². The van der Waals surface area contributed by atoms with Crippen molar-refractivity contribution in [3.63, 3.8) is 0 Å². The van der Waals surface area contributed by atoms with E-state index in [-0.39, 0.29) is 22.2 Å². The van der Waals surface area contributed by atoms with Crippen molar-refractivity contribution >= 4 is 215 Å². The molecule has 8 aromatic rings. The Kier molecular flexibility index (Phi) is 48.4. The highest BCUT2D eigenvalue weighted by molar-refractivity contribution is 6.75. The molecule has 0 amide bonds. The average molecular weight is 1760 g/mol. The van der Waals surface area contributed by atoms with Crippen LogP contribution in [0.1, 0.15) is 70.8 Å². The van der Waals surface area contributed by atoms with Gasteiger partial charge in [0.05, 0.1) is 36.7 Å². The molecule has 0 heterocycles. The van der Waals surface area contributed by atoms with Gasteiger partial charge in [0.25, 0.3) is 11.4 Å². The Morgan fingerprint density at radius 2 is 0.658 bits per heavy atom. The first-order valence-electron chi connectivity index (χ1n) is 32.3. The number of carbonyl (C=O) groups is 8. The van der Waals surface area contributed by atoms with Gasteiger partial charge in [0.15, 0.2) is 11.5 Å². The zero-order valence-electron chi connectivity index (χ0n) is 61.5. The van der Waals surface area contributed by atoms with Crippen molar-refractivity contribution in [1.29, 1.82) is 0 Å². The van der Waals surface area contributed by atoms with E-state index in [0.717, 1.165) is 63.6 Å². The summed E-state index contributed by atoms with van der Waals surface area (Å²) in [5.41, 5.74) is 5.30. The van der Waals surface area contributed by atoms with E-state index in [1.165, 1.54) is 127 Å². The summed E-state index contributed by atoms with van der Waals surface area (Å²) in [6.07, 6.45) is 17.8. The van der Waals surface area contributed by atoms with Crippen molar-refractivity contribution in [1.82, 2.24) is 0 Å². The van der Waals surface area contributed by atoms with Gasteiger partial charge in [-0.15, -0.1) is 0 Å². The molecule has 0 aliphatic rings. The van der Waals surface area contributed by atoms with Crippen molar-refractivity contribution in [3.05, 3.63) is 318 Å². The topological polar surface area (TPSA) is 260 Å². The highest BCUT2D eigenvalue weighted by Gasteiger charge is 2.39. The molecule has 0 aromatic heterocycles. The van der Waals surface area contributed by atoms with Crippen molar-refractivity contribution in [2.45, 2.75) is 45.1 Å². The molecule has 0 aliphatic carbocycles. The number of nitrogens with zero attached hydrogens (tertiary/aromatic N) is 2. The molecule has 600 valence electrons. The predicted molar refractivity (Wildman–Crippen MR) is 451 cm³/mol. The van der Waals surface area contributed by atoms with E-state index in [4.69, 9.17) is 123 Å².